The summed E-state index contributed by atoms with van der Waals surface area (Å²) in [4.78, 5) is 0. The molecular weight excluding hydrogens is 107 g/mol. The van der Waals surface area contributed by atoms with Crippen LogP contribution in [0.4, 0.5) is 4.39 Å². The number of hydrogen-bond donors (Lipinski definition) is 0. The SMILES string of the molecule is Cc1coc(C)c1F. The first kappa shape index (κ1) is 5.35. The topological polar surface area (TPSA) is 13.1 Å². The minimum absolute atomic E-state index is 0.231. The molecule has 0 aromatic carbocycles. The predicted molar refractivity (Wildman–Crippen MR) is 28.1 cm³/mol. The molecule has 44 valence electrons. The second-order valence-corrected chi connectivity index (χ2v) is 1.79. The molecule has 1 heterocycles. The van der Waals surface area contributed by atoms with Gasteiger partial charge in [-0.25, -0.2) is 4.39 Å². The largest absolute Gasteiger partial charge is 0.466 e. The summed E-state index contributed by atoms with van der Waals surface area (Å²) >= 11 is 0. The van der Waals surface area contributed by atoms with E-state index in [1.54, 1.807) is 13.8 Å². The smallest absolute Gasteiger partial charge is 0.167 e. The third kappa shape index (κ3) is 0.619. The van der Waals surface area contributed by atoms with Gasteiger partial charge in [-0.1, -0.05) is 0 Å². The highest BCUT2D eigenvalue weighted by Crippen LogP contribution is 2.11. The number of rotatable bonds is 0. The molecule has 0 fully saturated rings. The molecule has 1 aromatic heterocycles. The average molecular weight is 114 g/mol. The Morgan fingerprint density at radius 3 is 2.25 bits per heavy atom. The van der Waals surface area contributed by atoms with Crippen LogP contribution in [0.1, 0.15) is 11.3 Å². The minimum atomic E-state index is -0.231. The normalized spacial score (nSPS) is 9.88. The van der Waals surface area contributed by atoms with Crippen LogP contribution < -0.4 is 0 Å². The van der Waals surface area contributed by atoms with Gasteiger partial charge in [0.2, 0.25) is 0 Å². The lowest BCUT2D eigenvalue weighted by atomic mass is 10.3. The lowest BCUT2D eigenvalue weighted by molar-refractivity contribution is 0.497. The van der Waals surface area contributed by atoms with Gasteiger partial charge in [0.1, 0.15) is 5.76 Å². The summed E-state index contributed by atoms with van der Waals surface area (Å²) in [7, 11) is 0. The van der Waals surface area contributed by atoms with Crippen molar-refractivity contribution in [3.8, 4) is 0 Å². The second-order valence-electron chi connectivity index (χ2n) is 1.79. The molecule has 0 unspecified atom stereocenters. The number of aryl methyl sites for hydroxylation is 2. The third-order valence-corrected chi connectivity index (χ3v) is 1.07. The van der Waals surface area contributed by atoms with Crippen molar-refractivity contribution in [1.29, 1.82) is 0 Å². The van der Waals surface area contributed by atoms with Crippen molar-refractivity contribution in [2.24, 2.45) is 0 Å². The van der Waals surface area contributed by atoms with Gasteiger partial charge in [0.25, 0.3) is 0 Å². The monoisotopic (exact) mass is 114 g/mol. The highest BCUT2D eigenvalue weighted by molar-refractivity contribution is 5.12. The molecule has 8 heavy (non-hydrogen) atoms. The third-order valence-electron chi connectivity index (χ3n) is 1.07. The van der Waals surface area contributed by atoms with E-state index in [0.29, 0.717) is 11.3 Å². The zero-order valence-corrected chi connectivity index (χ0v) is 4.86. The van der Waals surface area contributed by atoms with Crippen LogP contribution in [0.25, 0.3) is 0 Å². The summed E-state index contributed by atoms with van der Waals surface area (Å²) in [5, 5.41) is 0. The molecule has 0 aliphatic rings. The molecule has 2 heteroatoms. The molecular formula is C6H7FO. The lowest BCUT2D eigenvalue weighted by Crippen LogP contribution is -1.72. The predicted octanol–water partition coefficient (Wildman–Crippen LogP) is 2.04. The second kappa shape index (κ2) is 1.62. The van der Waals surface area contributed by atoms with Crippen molar-refractivity contribution in [1.82, 2.24) is 0 Å². The zero-order valence-electron chi connectivity index (χ0n) is 4.86. The van der Waals surface area contributed by atoms with E-state index in [1.165, 1.54) is 6.26 Å². The maximum Gasteiger partial charge on any atom is 0.167 e. The highest BCUT2D eigenvalue weighted by atomic mass is 19.1. The molecule has 0 radical (unpaired) electrons. The summed E-state index contributed by atoms with van der Waals surface area (Å²) < 4.78 is 17.1. The fraction of sp³-hybridized carbons (Fsp3) is 0.333. The van der Waals surface area contributed by atoms with Crippen molar-refractivity contribution >= 4 is 0 Å². The van der Waals surface area contributed by atoms with Crippen LogP contribution in [-0.2, 0) is 0 Å². The lowest BCUT2D eigenvalue weighted by Gasteiger charge is -1.79. The Hall–Kier alpha value is -0.790. The number of furan rings is 1. The first-order valence-electron chi connectivity index (χ1n) is 2.42. The maximum absolute atomic E-state index is 12.4. The standard InChI is InChI=1S/C6H7FO/c1-4-3-8-5(2)6(4)7/h3H,1-2H3. The molecule has 0 N–H and O–H groups in total. The quantitative estimate of drug-likeness (QED) is 0.503. The molecule has 1 nitrogen and oxygen atoms in total. The van der Waals surface area contributed by atoms with Crippen LogP contribution in [0.2, 0.25) is 0 Å². The van der Waals surface area contributed by atoms with E-state index < -0.39 is 0 Å². The van der Waals surface area contributed by atoms with Crippen molar-refractivity contribution < 1.29 is 8.81 Å². The first-order chi connectivity index (χ1) is 3.72. The molecule has 0 spiro atoms. The molecule has 1 aromatic rings. The van der Waals surface area contributed by atoms with E-state index in [4.69, 9.17) is 4.42 Å². The summed E-state index contributed by atoms with van der Waals surface area (Å²) in [5.41, 5.74) is 0.572. The van der Waals surface area contributed by atoms with Crippen LogP contribution in [0.5, 0.6) is 0 Å². The Morgan fingerprint density at radius 2 is 2.12 bits per heavy atom. The van der Waals surface area contributed by atoms with Gasteiger partial charge in [-0.15, -0.1) is 0 Å². The summed E-state index contributed by atoms with van der Waals surface area (Å²) in [6.07, 6.45) is 1.41. The molecule has 0 saturated carbocycles. The fourth-order valence-electron chi connectivity index (χ4n) is 0.558. The maximum atomic E-state index is 12.4. The zero-order chi connectivity index (χ0) is 6.15. The highest BCUT2D eigenvalue weighted by Gasteiger charge is 2.02. The van der Waals surface area contributed by atoms with Crippen molar-refractivity contribution in [2.45, 2.75) is 13.8 Å². The van der Waals surface area contributed by atoms with Gasteiger partial charge in [-0.05, 0) is 13.8 Å². The van der Waals surface area contributed by atoms with Gasteiger partial charge >= 0.3 is 0 Å². The van der Waals surface area contributed by atoms with E-state index in [0.717, 1.165) is 0 Å². The van der Waals surface area contributed by atoms with E-state index >= 15 is 0 Å². The Kier molecular flexibility index (Phi) is 1.08. The molecule has 0 atom stereocenters. The first-order valence-corrected chi connectivity index (χ1v) is 2.42. The van der Waals surface area contributed by atoms with Crippen LogP contribution in [0.15, 0.2) is 10.7 Å². The molecule has 0 amide bonds. The van der Waals surface area contributed by atoms with Crippen molar-refractivity contribution in [2.75, 3.05) is 0 Å². The number of halogens is 1. The Labute approximate surface area is 47.1 Å². The average Bonchev–Trinajstić information content (AvgIpc) is 1.98. The Balaban J connectivity index is 3.19. The van der Waals surface area contributed by atoms with E-state index in [9.17, 15) is 4.39 Å². The molecule has 0 bridgehead atoms. The molecule has 0 aliphatic heterocycles. The fourth-order valence-corrected chi connectivity index (χ4v) is 0.558. The van der Waals surface area contributed by atoms with E-state index in [1.807, 2.05) is 0 Å². The Morgan fingerprint density at radius 1 is 1.50 bits per heavy atom. The van der Waals surface area contributed by atoms with E-state index in [-0.39, 0.29) is 5.82 Å². The van der Waals surface area contributed by atoms with Crippen LogP contribution in [0, 0.1) is 19.7 Å². The van der Waals surface area contributed by atoms with Gasteiger partial charge in [0, 0.05) is 5.56 Å². The van der Waals surface area contributed by atoms with Gasteiger partial charge < -0.3 is 4.42 Å². The number of hydrogen-bond acceptors (Lipinski definition) is 1. The summed E-state index contributed by atoms with van der Waals surface area (Å²) in [6.45, 7) is 3.27. The Bertz CT molecular complexity index is 171. The van der Waals surface area contributed by atoms with Gasteiger partial charge in [-0.2, -0.15) is 0 Å². The van der Waals surface area contributed by atoms with Crippen molar-refractivity contribution in [3.05, 3.63) is 23.4 Å². The van der Waals surface area contributed by atoms with Gasteiger partial charge in [-0.3, -0.25) is 0 Å². The van der Waals surface area contributed by atoms with E-state index in [2.05, 4.69) is 0 Å². The van der Waals surface area contributed by atoms with Gasteiger partial charge in [0.05, 0.1) is 6.26 Å². The van der Waals surface area contributed by atoms with Crippen LogP contribution >= 0.6 is 0 Å². The minimum Gasteiger partial charge on any atom is -0.466 e. The molecule has 0 saturated heterocycles. The molecule has 0 aliphatic carbocycles. The molecule has 1 rings (SSSR count). The van der Waals surface area contributed by atoms with Gasteiger partial charge in [0.15, 0.2) is 5.82 Å². The van der Waals surface area contributed by atoms with Crippen molar-refractivity contribution in [3.63, 3.8) is 0 Å². The van der Waals surface area contributed by atoms with Crippen LogP contribution in [-0.4, -0.2) is 0 Å². The van der Waals surface area contributed by atoms with Crippen LogP contribution in [0.3, 0.4) is 0 Å². The summed E-state index contributed by atoms with van der Waals surface area (Å²) in [6, 6.07) is 0. The summed E-state index contributed by atoms with van der Waals surface area (Å²) in [5.74, 6) is 0.132.